The number of carboxylic acid groups (broad SMARTS) is 1. The van der Waals surface area contributed by atoms with Gasteiger partial charge in [0.2, 0.25) is 5.91 Å². The zero-order valence-electron chi connectivity index (χ0n) is 31.4. The van der Waals surface area contributed by atoms with Gasteiger partial charge < -0.3 is 20.8 Å². The van der Waals surface area contributed by atoms with Gasteiger partial charge in [0.1, 0.15) is 0 Å². The quantitative estimate of drug-likeness (QED) is 0.226. The highest BCUT2D eigenvalue weighted by Gasteiger charge is 2.67. The topological polar surface area (TPSA) is 129 Å². The van der Waals surface area contributed by atoms with Gasteiger partial charge in [0.15, 0.2) is 0 Å². The Labute approximate surface area is 304 Å². The summed E-state index contributed by atoms with van der Waals surface area (Å²) in [4.78, 5) is 42.6. The van der Waals surface area contributed by atoms with Gasteiger partial charge in [-0.1, -0.05) is 46.2 Å². The average Bonchev–Trinajstić information content (AvgIpc) is 3.56. The molecule has 276 valence electrons. The maximum Gasteiger partial charge on any atom is 0.337 e. The molecule has 0 radical (unpaired) electrons. The first-order valence-electron chi connectivity index (χ1n) is 19.7. The van der Waals surface area contributed by atoms with Crippen LogP contribution in [0.25, 0.3) is 0 Å². The lowest BCUT2D eigenvalue weighted by atomic mass is 9.36. The van der Waals surface area contributed by atoms with Crippen molar-refractivity contribution in [3.8, 4) is 0 Å². The monoisotopic (exact) mass is 697 g/mol. The molecule has 51 heavy (non-hydrogen) atoms. The number of aliphatic hydroxyl groups is 1. The van der Waals surface area contributed by atoms with Gasteiger partial charge in [-0.3, -0.25) is 14.6 Å². The van der Waals surface area contributed by atoms with Crippen molar-refractivity contribution in [3.63, 3.8) is 0 Å². The molecular weight excluding hydrogens is 638 g/mol. The van der Waals surface area contributed by atoms with E-state index in [1.807, 2.05) is 25.1 Å². The number of hydrogen-bond donors (Lipinski definition) is 4. The zero-order chi connectivity index (χ0) is 36.3. The van der Waals surface area contributed by atoms with E-state index in [9.17, 15) is 19.5 Å². The van der Waals surface area contributed by atoms with Crippen LogP contribution < -0.4 is 10.6 Å². The number of rotatable bonds is 8. The second-order valence-corrected chi connectivity index (χ2v) is 18.3. The molecule has 9 atom stereocenters. The van der Waals surface area contributed by atoms with Gasteiger partial charge >= 0.3 is 5.97 Å². The number of hydrogen-bond acceptors (Lipinski definition) is 5. The fraction of sp³-hybridized carbons (Fsp3) is 0.674. The molecule has 9 unspecified atom stereocenters. The standard InChI is InChI=1S/C43H59N3O5/c1-26-8-9-27(23-31(26)37(48)46-25-29-11-10-28(24-45-29)38(49)50)17-22-44-39(51)43-18-6-7-33(43)30-12-13-35-41(4,32(30)14-21-43)19-15-34-40(2,3)36(47)16-20-42(34,35)5/h8-11,23-24,30,32-36,47H,6-7,12-22,25H2,1-5H3,(H,44,51)(H,46,48)(H,49,50). The van der Waals surface area contributed by atoms with Crippen LogP contribution >= 0.6 is 0 Å². The molecule has 4 N–H and O–H groups in total. The first-order valence-corrected chi connectivity index (χ1v) is 19.7. The number of pyridine rings is 1. The smallest absolute Gasteiger partial charge is 0.337 e. The molecule has 8 nitrogen and oxygen atoms in total. The summed E-state index contributed by atoms with van der Waals surface area (Å²) in [6, 6.07) is 9.00. The number of nitrogens with one attached hydrogen (secondary N) is 2. The molecule has 5 saturated carbocycles. The molecule has 1 aromatic carbocycles. The Kier molecular flexibility index (Phi) is 9.42. The lowest BCUT2D eigenvalue weighted by Crippen LogP contribution is -2.63. The van der Waals surface area contributed by atoms with Gasteiger partial charge in [0.05, 0.1) is 29.3 Å². The molecule has 5 aliphatic carbocycles. The van der Waals surface area contributed by atoms with Crippen LogP contribution in [-0.2, 0) is 17.8 Å². The van der Waals surface area contributed by atoms with Gasteiger partial charge in [-0.05, 0) is 153 Å². The number of aromatic carboxylic acids is 1. The number of amides is 2. The van der Waals surface area contributed by atoms with Crippen LogP contribution in [-0.4, -0.2) is 45.6 Å². The molecule has 0 bridgehead atoms. The molecule has 2 amide bonds. The van der Waals surface area contributed by atoms with Crippen LogP contribution in [0.15, 0.2) is 36.5 Å². The number of fused-ring (bicyclic) bond motifs is 7. The molecule has 7 rings (SSSR count). The highest BCUT2D eigenvalue weighted by atomic mass is 16.4. The number of benzene rings is 1. The van der Waals surface area contributed by atoms with E-state index < -0.39 is 5.97 Å². The summed E-state index contributed by atoms with van der Waals surface area (Å²) < 4.78 is 0. The Morgan fingerprint density at radius 3 is 2.37 bits per heavy atom. The summed E-state index contributed by atoms with van der Waals surface area (Å²) in [5.74, 6) is 2.06. The lowest BCUT2D eigenvalue weighted by molar-refractivity contribution is -0.214. The largest absolute Gasteiger partial charge is 0.478 e. The number of carboxylic acids is 1. The molecule has 8 heteroatoms. The molecule has 0 aliphatic heterocycles. The van der Waals surface area contributed by atoms with E-state index in [0.717, 1.165) is 49.7 Å². The van der Waals surface area contributed by atoms with Crippen molar-refractivity contribution in [3.05, 3.63) is 64.5 Å². The van der Waals surface area contributed by atoms with Gasteiger partial charge in [0, 0.05) is 18.3 Å². The van der Waals surface area contributed by atoms with Crippen LogP contribution in [0.4, 0.5) is 0 Å². The second kappa shape index (κ2) is 13.3. The third-order valence-electron chi connectivity index (χ3n) is 15.7. The summed E-state index contributed by atoms with van der Waals surface area (Å²) in [5, 5.41) is 26.4. The van der Waals surface area contributed by atoms with Gasteiger partial charge in [-0.15, -0.1) is 0 Å². The Morgan fingerprint density at radius 1 is 0.843 bits per heavy atom. The van der Waals surface area contributed by atoms with Gasteiger partial charge in [0.25, 0.3) is 5.91 Å². The summed E-state index contributed by atoms with van der Waals surface area (Å²) in [7, 11) is 0. The summed E-state index contributed by atoms with van der Waals surface area (Å²) in [5.41, 5.74) is 3.48. The SMILES string of the molecule is Cc1ccc(CCNC(=O)C23CCCC2C2CCC4C(C)(CCC5C(C)(C)C(O)CCC54C)C2CC3)cc1C(=O)NCc1ccc(C(=O)O)cn1. The fourth-order valence-corrected chi connectivity index (χ4v) is 13.1. The zero-order valence-corrected chi connectivity index (χ0v) is 31.4. The van der Waals surface area contributed by atoms with E-state index in [4.69, 9.17) is 5.11 Å². The van der Waals surface area contributed by atoms with E-state index >= 15 is 0 Å². The first kappa shape index (κ1) is 36.1. The lowest BCUT2D eigenvalue weighted by Gasteiger charge is -2.69. The maximum absolute atomic E-state index is 14.2. The van der Waals surface area contributed by atoms with E-state index in [1.165, 1.54) is 44.4 Å². The highest BCUT2D eigenvalue weighted by molar-refractivity contribution is 5.95. The number of aryl methyl sites for hydroxylation is 1. The van der Waals surface area contributed by atoms with Crippen LogP contribution in [0.1, 0.15) is 136 Å². The number of carbonyl (C=O) groups excluding carboxylic acids is 2. The van der Waals surface area contributed by atoms with E-state index in [-0.39, 0.29) is 46.3 Å². The Hall–Kier alpha value is -3.26. The van der Waals surface area contributed by atoms with Crippen molar-refractivity contribution in [1.29, 1.82) is 0 Å². The third kappa shape index (κ3) is 6.01. The van der Waals surface area contributed by atoms with Crippen molar-refractivity contribution in [2.24, 2.45) is 51.2 Å². The molecular formula is C43H59N3O5. The predicted molar refractivity (Wildman–Crippen MR) is 197 cm³/mol. The van der Waals surface area contributed by atoms with E-state index in [2.05, 4.69) is 43.3 Å². The molecule has 5 fully saturated rings. The van der Waals surface area contributed by atoms with E-state index in [1.54, 1.807) is 6.07 Å². The minimum Gasteiger partial charge on any atom is -0.478 e. The minimum absolute atomic E-state index is 0.0277. The number of nitrogens with zero attached hydrogens (tertiary/aromatic N) is 1. The Bertz CT molecular complexity index is 1670. The number of aromatic nitrogens is 1. The van der Waals surface area contributed by atoms with Crippen molar-refractivity contribution in [2.45, 2.75) is 124 Å². The third-order valence-corrected chi connectivity index (χ3v) is 15.7. The Morgan fingerprint density at radius 2 is 1.63 bits per heavy atom. The molecule has 1 heterocycles. The highest BCUT2D eigenvalue weighted by Crippen LogP contribution is 2.73. The number of carbonyl (C=O) groups is 3. The fourth-order valence-electron chi connectivity index (χ4n) is 13.1. The van der Waals surface area contributed by atoms with Crippen molar-refractivity contribution in [1.82, 2.24) is 15.6 Å². The van der Waals surface area contributed by atoms with Crippen LogP contribution in [0.3, 0.4) is 0 Å². The summed E-state index contributed by atoms with van der Waals surface area (Å²) in [6.45, 7) is 12.5. The molecule has 0 spiro atoms. The van der Waals surface area contributed by atoms with Crippen molar-refractivity contribution in [2.75, 3.05) is 6.54 Å². The van der Waals surface area contributed by atoms with E-state index in [0.29, 0.717) is 59.2 Å². The molecule has 2 aromatic rings. The molecule has 1 aromatic heterocycles. The Balaban J connectivity index is 0.979. The second-order valence-electron chi connectivity index (χ2n) is 18.3. The van der Waals surface area contributed by atoms with Crippen molar-refractivity contribution >= 4 is 17.8 Å². The molecule has 0 saturated heterocycles. The van der Waals surface area contributed by atoms with Crippen molar-refractivity contribution < 1.29 is 24.6 Å². The average molecular weight is 698 g/mol. The first-order chi connectivity index (χ1) is 24.2. The van der Waals surface area contributed by atoms with Crippen LogP contribution in [0.2, 0.25) is 0 Å². The maximum atomic E-state index is 14.2. The van der Waals surface area contributed by atoms with Crippen LogP contribution in [0, 0.1) is 58.2 Å². The van der Waals surface area contributed by atoms with Gasteiger partial charge in [-0.2, -0.15) is 0 Å². The summed E-state index contributed by atoms with van der Waals surface area (Å²) >= 11 is 0. The summed E-state index contributed by atoms with van der Waals surface area (Å²) in [6.07, 6.45) is 14.3. The normalized spacial score (nSPS) is 36.5. The molecule has 5 aliphatic rings. The van der Waals surface area contributed by atoms with Gasteiger partial charge in [-0.25, -0.2) is 4.79 Å². The minimum atomic E-state index is -1.04. The number of aliphatic hydroxyl groups excluding tert-OH is 1. The van der Waals surface area contributed by atoms with Crippen LogP contribution in [0.5, 0.6) is 0 Å². The predicted octanol–water partition coefficient (Wildman–Crippen LogP) is 7.50.